The van der Waals surface area contributed by atoms with E-state index in [0.29, 0.717) is 5.88 Å². The number of nitrogens with zero attached hydrogens (tertiary/aromatic N) is 1. The van der Waals surface area contributed by atoms with E-state index in [1.807, 2.05) is 12.1 Å². The first-order chi connectivity index (χ1) is 7.67. The molecule has 4 heteroatoms. The second-order valence-electron chi connectivity index (χ2n) is 4.03. The molecule has 0 fully saturated rings. The standard InChI is InChI=1S/C12H18BrClN2/c1-3-12(4-2,8-14)9-16-11-10(13)6-5-7-15-11/h5-7H,3-4,8-9H2,1-2H3,(H,15,16). The van der Waals surface area contributed by atoms with E-state index in [1.165, 1.54) is 0 Å². The third-order valence-corrected chi connectivity index (χ3v) is 4.38. The van der Waals surface area contributed by atoms with E-state index in [1.54, 1.807) is 6.20 Å². The van der Waals surface area contributed by atoms with Crippen LogP contribution in [0.3, 0.4) is 0 Å². The lowest BCUT2D eigenvalue weighted by Gasteiger charge is -2.29. The molecule has 1 rings (SSSR count). The summed E-state index contributed by atoms with van der Waals surface area (Å²) >= 11 is 9.53. The fourth-order valence-corrected chi connectivity index (χ4v) is 2.39. The molecule has 1 aromatic heterocycles. The lowest BCUT2D eigenvalue weighted by molar-refractivity contribution is 0.326. The Balaban J connectivity index is 2.66. The summed E-state index contributed by atoms with van der Waals surface area (Å²) in [5.74, 6) is 1.57. The van der Waals surface area contributed by atoms with E-state index in [0.717, 1.165) is 29.7 Å². The fourth-order valence-electron chi connectivity index (χ4n) is 1.52. The maximum atomic E-state index is 6.06. The first-order valence-electron chi connectivity index (χ1n) is 5.58. The minimum atomic E-state index is 0.165. The van der Waals surface area contributed by atoms with Crippen LogP contribution in [-0.4, -0.2) is 17.4 Å². The van der Waals surface area contributed by atoms with E-state index < -0.39 is 0 Å². The van der Waals surface area contributed by atoms with Crippen LogP contribution in [0.25, 0.3) is 0 Å². The number of anilines is 1. The summed E-state index contributed by atoms with van der Waals surface area (Å²) in [4.78, 5) is 4.28. The number of hydrogen-bond donors (Lipinski definition) is 1. The van der Waals surface area contributed by atoms with Crippen molar-refractivity contribution in [2.24, 2.45) is 5.41 Å². The zero-order chi connectivity index (χ0) is 12.0. The molecule has 0 saturated heterocycles. The van der Waals surface area contributed by atoms with Gasteiger partial charge in [-0.3, -0.25) is 0 Å². The third kappa shape index (κ3) is 3.36. The van der Waals surface area contributed by atoms with Gasteiger partial charge in [-0.2, -0.15) is 0 Å². The molecule has 0 saturated carbocycles. The molecule has 0 spiro atoms. The molecule has 0 aromatic carbocycles. The summed E-state index contributed by atoms with van der Waals surface area (Å²) in [5.41, 5.74) is 0.165. The molecule has 0 bridgehead atoms. The van der Waals surface area contributed by atoms with Crippen LogP contribution >= 0.6 is 27.5 Å². The molecule has 1 N–H and O–H groups in total. The largest absolute Gasteiger partial charge is 0.369 e. The lowest BCUT2D eigenvalue weighted by atomic mass is 9.84. The number of hydrogen-bond acceptors (Lipinski definition) is 2. The van der Waals surface area contributed by atoms with Crippen LogP contribution in [0.2, 0.25) is 0 Å². The number of rotatable bonds is 6. The third-order valence-electron chi connectivity index (χ3n) is 3.17. The SMILES string of the molecule is CCC(CC)(CCl)CNc1ncccc1Br. The smallest absolute Gasteiger partial charge is 0.140 e. The zero-order valence-corrected chi connectivity index (χ0v) is 12.1. The van der Waals surface area contributed by atoms with Crippen molar-refractivity contribution in [2.75, 3.05) is 17.7 Å². The Labute approximate surface area is 111 Å². The summed E-state index contributed by atoms with van der Waals surface area (Å²) < 4.78 is 0.991. The Morgan fingerprint density at radius 1 is 1.44 bits per heavy atom. The molecule has 90 valence electrons. The van der Waals surface area contributed by atoms with Gasteiger partial charge in [0.2, 0.25) is 0 Å². The predicted molar refractivity (Wildman–Crippen MR) is 74.2 cm³/mol. The molecule has 1 aromatic rings. The van der Waals surface area contributed by atoms with E-state index in [4.69, 9.17) is 11.6 Å². The van der Waals surface area contributed by atoms with Gasteiger partial charge in [-0.25, -0.2) is 4.98 Å². The van der Waals surface area contributed by atoms with E-state index in [-0.39, 0.29) is 5.41 Å². The highest BCUT2D eigenvalue weighted by Gasteiger charge is 2.25. The first kappa shape index (κ1) is 13.8. The minimum Gasteiger partial charge on any atom is -0.369 e. The molecule has 0 aliphatic heterocycles. The Bertz CT molecular complexity index is 318. The Morgan fingerprint density at radius 3 is 2.62 bits per heavy atom. The van der Waals surface area contributed by atoms with Gasteiger partial charge in [0.1, 0.15) is 5.82 Å². The van der Waals surface area contributed by atoms with Crippen LogP contribution in [0.4, 0.5) is 5.82 Å². The van der Waals surface area contributed by atoms with Gasteiger partial charge in [0, 0.05) is 24.0 Å². The number of nitrogens with one attached hydrogen (secondary N) is 1. The predicted octanol–water partition coefficient (Wildman–Crippen LogP) is 4.30. The van der Waals surface area contributed by atoms with Crippen LogP contribution < -0.4 is 5.32 Å². The van der Waals surface area contributed by atoms with E-state index in [9.17, 15) is 0 Å². The number of pyridine rings is 1. The average Bonchev–Trinajstić information content (AvgIpc) is 2.34. The molecule has 1 heterocycles. The highest BCUT2D eigenvalue weighted by atomic mass is 79.9. The zero-order valence-electron chi connectivity index (χ0n) is 9.76. The first-order valence-corrected chi connectivity index (χ1v) is 6.90. The van der Waals surface area contributed by atoms with Gasteiger partial charge in [-0.05, 0) is 40.9 Å². The highest BCUT2D eigenvalue weighted by Crippen LogP contribution is 2.29. The van der Waals surface area contributed by atoms with Crippen LogP contribution in [-0.2, 0) is 0 Å². The summed E-state index contributed by atoms with van der Waals surface area (Å²) in [7, 11) is 0. The van der Waals surface area contributed by atoms with Crippen molar-refractivity contribution >= 4 is 33.3 Å². The molecule has 0 atom stereocenters. The molecular weight excluding hydrogens is 288 g/mol. The van der Waals surface area contributed by atoms with Crippen LogP contribution in [0.1, 0.15) is 26.7 Å². The number of alkyl halides is 1. The molecular formula is C12H18BrClN2. The number of aromatic nitrogens is 1. The van der Waals surface area contributed by atoms with E-state index in [2.05, 4.69) is 40.1 Å². The highest BCUT2D eigenvalue weighted by molar-refractivity contribution is 9.10. The van der Waals surface area contributed by atoms with Crippen molar-refractivity contribution in [3.8, 4) is 0 Å². The van der Waals surface area contributed by atoms with Gasteiger partial charge >= 0.3 is 0 Å². The average molecular weight is 306 g/mol. The minimum absolute atomic E-state index is 0.165. The fraction of sp³-hybridized carbons (Fsp3) is 0.583. The summed E-state index contributed by atoms with van der Waals surface area (Å²) in [6, 6.07) is 3.89. The molecule has 0 aliphatic carbocycles. The van der Waals surface area contributed by atoms with Gasteiger partial charge in [-0.15, -0.1) is 11.6 Å². The normalized spacial score (nSPS) is 11.5. The second kappa shape index (κ2) is 6.45. The summed E-state index contributed by atoms with van der Waals surface area (Å²) in [5, 5.41) is 3.36. The summed E-state index contributed by atoms with van der Waals surface area (Å²) in [6.45, 7) is 5.22. The Kier molecular flexibility index (Phi) is 5.56. The van der Waals surface area contributed by atoms with Crippen molar-refractivity contribution < 1.29 is 0 Å². The van der Waals surface area contributed by atoms with Gasteiger partial charge in [0.25, 0.3) is 0 Å². The molecule has 16 heavy (non-hydrogen) atoms. The number of halogens is 2. The van der Waals surface area contributed by atoms with Crippen molar-refractivity contribution in [1.82, 2.24) is 4.98 Å². The van der Waals surface area contributed by atoms with Crippen molar-refractivity contribution in [3.63, 3.8) is 0 Å². The van der Waals surface area contributed by atoms with Crippen molar-refractivity contribution in [3.05, 3.63) is 22.8 Å². The summed E-state index contributed by atoms with van der Waals surface area (Å²) in [6.07, 6.45) is 3.93. The molecule has 2 nitrogen and oxygen atoms in total. The molecule has 0 aliphatic rings. The second-order valence-corrected chi connectivity index (χ2v) is 5.15. The Hall–Kier alpha value is -0.280. The van der Waals surface area contributed by atoms with Crippen LogP contribution in [0, 0.1) is 5.41 Å². The van der Waals surface area contributed by atoms with Gasteiger partial charge in [-0.1, -0.05) is 13.8 Å². The maximum absolute atomic E-state index is 6.06. The van der Waals surface area contributed by atoms with Crippen LogP contribution in [0.5, 0.6) is 0 Å². The monoisotopic (exact) mass is 304 g/mol. The van der Waals surface area contributed by atoms with E-state index >= 15 is 0 Å². The Morgan fingerprint density at radius 2 is 2.12 bits per heavy atom. The molecule has 0 radical (unpaired) electrons. The van der Waals surface area contributed by atoms with Gasteiger partial charge < -0.3 is 5.32 Å². The van der Waals surface area contributed by atoms with Crippen LogP contribution in [0.15, 0.2) is 22.8 Å². The van der Waals surface area contributed by atoms with Gasteiger partial charge in [0.15, 0.2) is 0 Å². The van der Waals surface area contributed by atoms with Crippen molar-refractivity contribution in [2.45, 2.75) is 26.7 Å². The van der Waals surface area contributed by atoms with Gasteiger partial charge in [0.05, 0.1) is 4.47 Å². The topological polar surface area (TPSA) is 24.9 Å². The lowest BCUT2D eigenvalue weighted by Crippen LogP contribution is -2.30. The quantitative estimate of drug-likeness (QED) is 0.793. The maximum Gasteiger partial charge on any atom is 0.140 e. The van der Waals surface area contributed by atoms with Crippen molar-refractivity contribution in [1.29, 1.82) is 0 Å². The molecule has 0 unspecified atom stereocenters. The molecule has 0 amide bonds.